The van der Waals surface area contributed by atoms with Crippen LogP contribution in [0, 0.1) is 13.8 Å². The largest absolute Gasteiger partial charge is 0.494 e. The lowest BCUT2D eigenvalue weighted by Gasteiger charge is -2.13. The Balaban J connectivity index is 3.08. The lowest BCUT2D eigenvalue weighted by atomic mass is 10.1. The molecule has 1 unspecified atom stereocenters. The third-order valence-corrected chi connectivity index (χ3v) is 3.83. The molecule has 6 heteroatoms. The second kappa shape index (κ2) is 5.73. The number of hydrogen-bond acceptors (Lipinski definition) is 2. The van der Waals surface area contributed by atoms with Gasteiger partial charge in [0.25, 0.3) is 0 Å². The minimum atomic E-state index is -4.44. The van der Waals surface area contributed by atoms with E-state index in [1.54, 1.807) is 26.8 Å². The highest BCUT2D eigenvalue weighted by atomic mass is 32.2. The average Bonchev–Trinajstić information content (AvgIpc) is 2.19. The molecule has 2 nitrogen and oxygen atoms in total. The molecule has 0 aromatic heterocycles. The predicted molar refractivity (Wildman–Crippen MR) is 64.4 cm³/mol. The van der Waals surface area contributed by atoms with Crippen LogP contribution >= 0.6 is 0 Å². The molecule has 102 valence electrons. The van der Waals surface area contributed by atoms with E-state index in [0.29, 0.717) is 17.9 Å². The van der Waals surface area contributed by atoms with Gasteiger partial charge in [0.1, 0.15) is 11.5 Å². The lowest BCUT2D eigenvalue weighted by molar-refractivity contribution is -0.105. The molecule has 0 spiro atoms. The van der Waals surface area contributed by atoms with Crippen LogP contribution in [0.1, 0.15) is 18.1 Å². The first-order valence-corrected chi connectivity index (χ1v) is 6.75. The van der Waals surface area contributed by atoms with Gasteiger partial charge in [-0.1, -0.05) is 6.07 Å². The Morgan fingerprint density at radius 1 is 1.22 bits per heavy atom. The van der Waals surface area contributed by atoms with Crippen LogP contribution in [0.4, 0.5) is 13.2 Å². The molecule has 0 amide bonds. The van der Waals surface area contributed by atoms with Crippen molar-refractivity contribution in [2.45, 2.75) is 31.8 Å². The molecule has 1 rings (SSSR count). The summed E-state index contributed by atoms with van der Waals surface area (Å²) in [6.45, 7) is 5.64. The van der Waals surface area contributed by atoms with E-state index in [1.807, 2.05) is 0 Å². The van der Waals surface area contributed by atoms with Gasteiger partial charge in [-0.05, 0) is 38.0 Å². The fourth-order valence-electron chi connectivity index (χ4n) is 1.60. The molecule has 0 aliphatic carbocycles. The summed E-state index contributed by atoms with van der Waals surface area (Å²) in [5.74, 6) is -0.851. The Morgan fingerprint density at radius 3 is 2.33 bits per heavy atom. The van der Waals surface area contributed by atoms with Crippen molar-refractivity contribution in [3.63, 3.8) is 0 Å². The number of benzene rings is 1. The van der Waals surface area contributed by atoms with Crippen molar-refractivity contribution in [1.29, 1.82) is 0 Å². The topological polar surface area (TPSA) is 26.3 Å². The Labute approximate surface area is 107 Å². The summed E-state index contributed by atoms with van der Waals surface area (Å²) in [7, 11) is -2.09. The molecule has 0 bridgehead atoms. The van der Waals surface area contributed by atoms with Gasteiger partial charge in [0.15, 0.2) is 0 Å². The van der Waals surface area contributed by atoms with Gasteiger partial charge in [0.05, 0.1) is 17.4 Å². The van der Waals surface area contributed by atoms with E-state index in [2.05, 4.69) is 0 Å². The van der Waals surface area contributed by atoms with E-state index in [-0.39, 0.29) is 4.90 Å². The lowest BCUT2D eigenvalue weighted by Crippen LogP contribution is -2.19. The summed E-state index contributed by atoms with van der Waals surface area (Å²) in [4.78, 5) is 0.182. The van der Waals surface area contributed by atoms with E-state index >= 15 is 0 Å². The first-order valence-electron chi connectivity index (χ1n) is 5.43. The first kappa shape index (κ1) is 15.0. The zero-order valence-corrected chi connectivity index (χ0v) is 11.2. The van der Waals surface area contributed by atoms with Gasteiger partial charge in [0.2, 0.25) is 0 Å². The molecule has 0 fully saturated rings. The summed E-state index contributed by atoms with van der Waals surface area (Å²) in [6.07, 6.45) is -4.44. The second-order valence-electron chi connectivity index (χ2n) is 3.92. The predicted octanol–water partition coefficient (Wildman–Crippen LogP) is 3.37. The van der Waals surface area contributed by atoms with Crippen molar-refractivity contribution in [2.75, 3.05) is 12.4 Å². The van der Waals surface area contributed by atoms with Crippen LogP contribution in [0.5, 0.6) is 5.75 Å². The Kier molecular flexibility index (Phi) is 4.78. The monoisotopic (exact) mass is 280 g/mol. The molecule has 0 N–H and O–H groups in total. The summed E-state index contributed by atoms with van der Waals surface area (Å²) < 4.78 is 53.7. The van der Waals surface area contributed by atoms with E-state index < -0.39 is 22.7 Å². The van der Waals surface area contributed by atoms with E-state index in [4.69, 9.17) is 4.74 Å². The maximum Gasteiger partial charge on any atom is 0.400 e. The molecule has 1 aromatic carbocycles. The van der Waals surface area contributed by atoms with E-state index in [9.17, 15) is 17.4 Å². The van der Waals surface area contributed by atoms with Gasteiger partial charge in [0, 0.05) is 4.90 Å². The number of ether oxygens (including phenoxy) is 1. The van der Waals surface area contributed by atoms with Crippen LogP contribution in [0.25, 0.3) is 0 Å². The summed E-state index contributed by atoms with van der Waals surface area (Å²) in [5.41, 5.74) is 1.40. The van der Waals surface area contributed by atoms with Gasteiger partial charge >= 0.3 is 6.18 Å². The number of alkyl halides is 3. The first-order chi connectivity index (χ1) is 8.24. The molecular weight excluding hydrogens is 265 g/mol. The summed E-state index contributed by atoms with van der Waals surface area (Å²) in [6, 6.07) is 3.13. The van der Waals surface area contributed by atoms with E-state index in [0.717, 1.165) is 5.56 Å². The minimum Gasteiger partial charge on any atom is -0.494 e. The molecular formula is C12H15F3O2S. The Bertz CT molecular complexity index is 455. The maximum absolute atomic E-state index is 12.2. The highest BCUT2D eigenvalue weighted by Crippen LogP contribution is 2.27. The van der Waals surface area contributed by atoms with Crippen molar-refractivity contribution in [1.82, 2.24) is 0 Å². The molecule has 1 aromatic rings. The Hall–Kier alpha value is -1.04. The Morgan fingerprint density at radius 2 is 1.83 bits per heavy atom. The fraction of sp³-hybridized carbons (Fsp3) is 0.500. The molecule has 0 saturated heterocycles. The smallest absolute Gasteiger partial charge is 0.400 e. The number of halogens is 3. The fourth-order valence-corrected chi connectivity index (χ4v) is 2.71. The van der Waals surface area contributed by atoms with Crippen molar-refractivity contribution < 1.29 is 22.1 Å². The van der Waals surface area contributed by atoms with Crippen molar-refractivity contribution in [3.8, 4) is 5.75 Å². The van der Waals surface area contributed by atoms with Crippen molar-refractivity contribution in [3.05, 3.63) is 23.3 Å². The standard InChI is InChI=1S/C12H15F3O2S/c1-4-17-10-6-11(9(3)5-8(10)2)18(16)7-12(13,14)15/h5-6H,4,7H2,1-3H3. The molecule has 0 aliphatic heterocycles. The molecule has 0 radical (unpaired) electrons. The van der Waals surface area contributed by atoms with Crippen LogP contribution in [-0.4, -0.2) is 22.7 Å². The van der Waals surface area contributed by atoms with Crippen LogP contribution in [0.2, 0.25) is 0 Å². The van der Waals surface area contributed by atoms with Gasteiger partial charge in [-0.3, -0.25) is 4.21 Å². The molecule has 18 heavy (non-hydrogen) atoms. The number of hydrogen-bond donors (Lipinski definition) is 0. The van der Waals surface area contributed by atoms with E-state index in [1.165, 1.54) is 6.07 Å². The highest BCUT2D eigenvalue weighted by Gasteiger charge is 2.31. The van der Waals surface area contributed by atoms with Crippen molar-refractivity contribution >= 4 is 10.8 Å². The summed E-state index contributed by atoms with van der Waals surface area (Å²) >= 11 is 0. The average molecular weight is 280 g/mol. The van der Waals surface area contributed by atoms with Gasteiger partial charge < -0.3 is 4.74 Å². The normalized spacial score (nSPS) is 13.4. The number of rotatable bonds is 4. The number of aryl methyl sites for hydroxylation is 2. The van der Waals surface area contributed by atoms with Gasteiger partial charge in [-0.25, -0.2) is 0 Å². The third-order valence-electron chi connectivity index (χ3n) is 2.31. The van der Waals surface area contributed by atoms with Gasteiger partial charge in [-0.15, -0.1) is 0 Å². The third kappa shape index (κ3) is 4.01. The zero-order valence-electron chi connectivity index (χ0n) is 10.4. The highest BCUT2D eigenvalue weighted by molar-refractivity contribution is 7.85. The molecule has 0 saturated carbocycles. The van der Waals surface area contributed by atoms with Crippen LogP contribution in [0.3, 0.4) is 0 Å². The zero-order chi connectivity index (χ0) is 13.9. The SMILES string of the molecule is CCOc1cc(S(=O)CC(F)(F)F)c(C)cc1C. The second-order valence-corrected chi connectivity index (χ2v) is 5.34. The van der Waals surface area contributed by atoms with Crippen LogP contribution in [-0.2, 0) is 10.8 Å². The van der Waals surface area contributed by atoms with Gasteiger partial charge in [-0.2, -0.15) is 13.2 Å². The van der Waals surface area contributed by atoms with Crippen molar-refractivity contribution in [2.24, 2.45) is 0 Å². The molecule has 0 aliphatic rings. The maximum atomic E-state index is 12.2. The van der Waals surface area contributed by atoms with Crippen LogP contribution in [0.15, 0.2) is 17.0 Å². The minimum absolute atomic E-state index is 0.182. The van der Waals surface area contributed by atoms with Crippen LogP contribution < -0.4 is 4.74 Å². The quantitative estimate of drug-likeness (QED) is 0.845. The molecule has 0 heterocycles. The molecule has 1 atom stereocenters. The summed E-state index contributed by atoms with van der Waals surface area (Å²) in [5, 5.41) is 0.